The predicted octanol–water partition coefficient (Wildman–Crippen LogP) is 5.53. The number of nitrogens with one attached hydrogen (secondary N) is 1. The van der Waals surface area contributed by atoms with Crippen LogP contribution in [-0.4, -0.2) is 33.9 Å². The van der Waals surface area contributed by atoms with Crippen LogP contribution in [0.2, 0.25) is 0 Å². The molecular weight excluding hydrogens is 504 g/mol. The van der Waals surface area contributed by atoms with Crippen molar-refractivity contribution in [2.24, 2.45) is 0 Å². The molecule has 3 heterocycles. The molecule has 180 valence electrons. The molecule has 7 heteroatoms. The monoisotopic (exact) mass is 532 g/mol. The van der Waals surface area contributed by atoms with Crippen LogP contribution >= 0.6 is 15.9 Å². The molecular formula is C28H29BrN4O2. The van der Waals surface area contributed by atoms with Gasteiger partial charge in [0.15, 0.2) is 0 Å². The van der Waals surface area contributed by atoms with Gasteiger partial charge >= 0.3 is 0 Å². The number of piperidine rings is 1. The Hall–Kier alpha value is -3.16. The van der Waals surface area contributed by atoms with Crippen LogP contribution in [0.5, 0.6) is 0 Å². The number of halogens is 1. The van der Waals surface area contributed by atoms with E-state index >= 15 is 0 Å². The van der Waals surface area contributed by atoms with Gasteiger partial charge in [0.1, 0.15) is 5.82 Å². The van der Waals surface area contributed by atoms with E-state index in [-0.39, 0.29) is 11.7 Å². The molecule has 0 aliphatic carbocycles. The van der Waals surface area contributed by atoms with Gasteiger partial charge in [-0.25, -0.2) is 4.98 Å². The van der Waals surface area contributed by atoms with Crippen LogP contribution in [0.15, 0.2) is 70.2 Å². The van der Waals surface area contributed by atoms with Gasteiger partial charge in [0, 0.05) is 23.8 Å². The normalized spacial score (nSPS) is 14.5. The van der Waals surface area contributed by atoms with E-state index < -0.39 is 0 Å². The van der Waals surface area contributed by atoms with Gasteiger partial charge in [0.25, 0.3) is 5.56 Å². The highest BCUT2D eigenvalue weighted by Crippen LogP contribution is 2.29. The van der Waals surface area contributed by atoms with Crippen LogP contribution in [0.1, 0.15) is 29.5 Å². The maximum Gasteiger partial charge on any atom is 0.260 e. The average Bonchev–Trinajstić information content (AvgIpc) is 2.84. The number of aliphatic hydroxyl groups is 1. The predicted molar refractivity (Wildman–Crippen MR) is 146 cm³/mol. The third-order valence-electron chi connectivity index (χ3n) is 6.81. The first-order valence-electron chi connectivity index (χ1n) is 11.9. The summed E-state index contributed by atoms with van der Waals surface area (Å²) in [5.41, 5.74) is 5.28. The Labute approximate surface area is 213 Å². The standard InChI is InChI=1S/C28H29BrN4O2/c1-18-3-4-20(13-19(18)2)17-33-10-7-21-14-22(29)15-25(27(21)28(33)35)31-26-6-5-23(16-30-26)32-11-8-24(34)9-12-32/h3-7,10,13-16,24,34H,8-9,11-12,17H2,1-2H3,(H,30,31). The van der Waals surface area contributed by atoms with Gasteiger partial charge < -0.3 is 19.9 Å². The molecule has 35 heavy (non-hydrogen) atoms. The molecule has 1 aliphatic rings. The zero-order chi connectivity index (χ0) is 24.5. The Morgan fingerprint density at radius 1 is 1.06 bits per heavy atom. The molecule has 0 radical (unpaired) electrons. The van der Waals surface area contributed by atoms with Crippen molar-refractivity contribution in [2.75, 3.05) is 23.3 Å². The molecule has 0 bridgehead atoms. The van der Waals surface area contributed by atoms with Gasteiger partial charge in [-0.05, 0) is 79.1 Å². The third-order valence-corrected chi connectivity index (χ3v) is 7.26. The quantitative estimate of drug-likeness (QED) is 0.353. The molecule has 5 rings (SSSR count). The third kappa shape index (κ3) is 5.11. The summed E-state index contributed by atoms with van der Waals surface area (Å²) in [5, 5.41) is 14.6. The molecule has 0 unspecified atom stereocenters. The van der Waals surface area contributed by atoms with Crippen molar-refractivity contribution in [2.45, 2.75) is 39.3 Å². The molecule has 0 saturated carbocycles. The van der Waals surface area contributed by atoms with E-state index in [2.05, 4.69) is 63.2 Å². The SMILES string of the molecule is Cc1ccc(Cn2ccc3cc(Br)cc(Nc4ccc(N5CCC(O)CC5)cn4)c3c2=O)cc1C. The maximum atomic E-state index is 13.6. The van der Waals surface area contributed by atoms with E-state index in [1.54, 1.807) is 4.57 Å². The summed E-state index contributed by atoms with van der Waals surface area (Å²) in [5.74, 6) is 0.675. The summed E-state index contributed by atoms with van der Waals surface area (Å²) >= 11 is 3.58. The van der Waals surface area contributed by atoms with Gasteiger partial charge in [0.05, 0.1) is 35.6 Å². The number of aryl methyl sites for hydroxylation is 2. The average molecular weight is 533 g/mol. The van der Waals surface area contributed by atoms with Crippen LogP contribution in [0, 0.1) is 13.8 Å². The first-order valence-corrected chi connectivity index (χ1v) is 12.7. The highest BCUT2D eigenvalue weighted by atomic mass is 79.9. The van der Waals surface area contributed by atoms with Crippen LogP contribution in [0.4, 0.5) is 17.2 Å². The number of anilines is 3. The van der Waals surface area contributed by atoms with E-state index in [9.17, 15) is 9.90 Å². The minimum absolute atomic E-state index is 0.0424. The number of fused-ring (bicyclic) bond motifs is 1. The second-order valence-corrected chi connectivity index (χ2v) is 10.2. The molecule has 2 aromatic carbocycles. The van der Waals surface area contributed by atoms with Crippen LogP contribution in [0.25, 0.3) is 10.8 Å². The topological polar surface area (TPSA) is 70.4 Å². The number of aliphatic hydroxyl groups excluding tert-OH is 1. The Morgan fingerprint density at radius 3 is 2.57 bits per heavy atom. The first kappa shape index (κ1) is 23.6. The smallest absolute Gasteiger partial charge is 0.260 e. The van der Waals surface area contributed by atoms with E-state index in [0.29, 0.717) is 17.7 Å². The lowest BCUT2D eigenvalue weighted by Gasteiger charge is -2.31. The largest absolute Gasteiger partial charge is 0.393 e. The molecule has 2 N–H and O–H groups in total. The van der Waals surface area contributed by atoms with Crippen LogP contribution < -0.4 is 15.8 Å². The lowest BCUT2D eigenvalue weighted by Crippen LogP contribution is -2.35. The summed E-state index contributed by atoms with van der Waals surface area (Å²) in [6.07, 6.45) is 5.05. The molecule has 0 atom stereocenters. The van der Waals surface area contributed by atoms with Gasteiger partial charge in [-0.3, -0.25) is 4.79 Å². The minimum atomic E-state index is -0.205. The fourth-order valence-electron chi connectivity index (χ4n) is 4.61. The molecule has 4 aromatic rings. The zero-order valence-corrected chi connectivity index (χ0v) is 21.5. The number of hydrogen-bond acceptors (Lipinski definition) is 5. The zero-order valence-electron chi connectivity index (χ0n) is 20.0. The lowest BCUT2D eigenvalue weighted by atomic mass is 10.1. The van der Waals surface area contributed by atoms with Gasteiger partial charge in [-0.2, -0.15) is 0 Å². The Balaban J connectivity index is 1.45. The molecule has 0 spiro atoms. The van der Waals surface area contributed by atoms with Crippen LogP contribution in [-0.2, 0) is 6.54 Å². The fraction of sp³-hybridized carbons (Fsp3) is 0.286. The van der Waals surface area contributed by atoms with Gasteiger partial charge in [-0.1, -0.05) is 34.1 Å². The molecule has 1 aliphatic heterocycles. The number of pyridine rings is 2. The molecule has 2 aromatic heterocycles. The molecule has 1 fully saturated rings. The van der Waals surface area contributed by atoms with Crippen molar-refractivity contribution in [1.29, 1.82) is 0 Å². The highest BCUT2D eigenvalue weighted by Gasteiger charge is 2.17. The molecule has 1 saturated heterocycles. The fourth-order valence-corrected chi connectivity index (χ4v) is 5.09. The molecule has 0 amide bonds. The lowest BCUT2D eigenvalue weighted by molar-refractivity contribution is 0.145. The van der Waals surface area contributed by atoms with E-state index in [1.807, 2.05) is 42.7 Å². The van der Waals surface area contributed by atoms with E-state index in [1.165, 1.54) is 11.1 Å². The Morgan fingerprint density at radius 2 is 1.86 bits per heavy atom. The Bertz CT molecular complexity index is 1420. The van der Waals surface area contributed by atoms with Crippen LogP contribution in [0.3, 0.4) is 0 Å². The van der Waals surface area contributed by atoms with Crippen molar-refractivity contribution in [3.63, 3.8) is 0 Å². The number of aromatic nitrogens is 2. The first-order chi connectivity index (χ1) is 16.9. The molecule has 6 nitrogen and oxygen atoms in total. The van der Waals surface area contributed by atoms with Crippen molar-refractivity contribution in [3.05, 3.63) is 92.4 Å². The minimum Gasteiger partial charge on any atom is -0.393 e. The summed E-state index contributed by atoms with van der Waals surface area (Å²) in [7, 11) is 0. The summed E-state index contributed by atoms with van der Waals surface area (Å²) in [6.45, 7) is 6.35. The Kier molecular flexibility index (Phi) is 6.62. The van der Waals surface area contributed by atoms with Gasteiger partial charge in [-0.15, -0.1) is 0 Å². The van der Waals surface area contributed by atoms with Crippen molar-refractivity contribution >= 4 is 43.9 Å². The van der Waals surface area contributed by atoms with E-state index in [0.717, 1.165) is 52.7 Å². The number of hydrogen-bond donors (Lipinski definition) is 2. The van der Waals surface area contributed by atoms with Crippen molar-refractivity contribution in [1.82, 2.24) is 9.55 Å². The number of nitrogens with zero attached hydrogens (tertiary/aromatic N) is 3. The highest BCUT2D eigenvalue weighted by molar-refractivity contribution is 9.10. The second-order valence-electron chi connectivity index (χ2n) is 9.33. The number of rotatable bonds is 5. The van der Waals surface area contributed by atoms with E-state index in [4.69, 9.17) is 0 Å². The van der Waals surface area contributed by atoms with Crippen molar-refractivity contribution in [3.8, 4) is 0 Å². The van der Waals surface area contributed by atoms with Crippen molar-refractivity contribution < 1.29 is 5.11 Å². The summed E-state index contributed by atoms with van der Waals surface area (Å²) in [4.78, 5) is 20.4. The maximum absolute atomic E-state index is 13.6. The summed E-state index contributed by atoms with van der Waals surface area (Å²) < 4.78 is 2.65. The summed E-state index contributed by atoms with van der Waals surface area (Å²) in [6, 6.07) is 16.1. The van der Waals surface area contributed by atoms with Gasteiger partial charge in [0.2, 0.25) is 0 Å². The second kappa shape index (κ2) is 9.84. The number of benzene rings is 2.